The fourth-order valence-corrected chi connectivity index (χ4v) is 5.64. The van der Waals surface area contributed by atoms with E-state index in [4.69, 9.17) is 9.73 Å². The number of hydrogen-bond donors (Lipinski definition) is 1. The van der Waals surface area contributed by atoms with Gasteiger partial charge in [-0.05, 0) is 49.8 Å². The highest BCUT2D eigenvalue weighted by atomic mass is 16.5. The summed E-state index contributed by atoms with van der Waals surface area (Å²) in [6.45, 7) is 17.6. The zero-order valence-corrected chi connectivity index (χ0v) is 25.5. The fourth-order valence-electron chi connectivity index (χ4n) is 5.64. The van der Waals surface area contributed by atoms with Gasteiger partial charge in [-0.2, -0.15) is 0 Å². The van der Waals surface area contributed by atoms with Gasteiger partial charge in [0.05, 0.1) is 7.11 Å². The van der Waals surface area contributed by atoms with E-state index in [1.54, 1.807) is 22.0 Å². The molecule has 11 heteroatoms. The fraction of sp³-hybridized carbons (Fsp3) is 0.438. The molecule has 43 heavy (non-hydrogen) atoms. The summed E-state index contributed by atoms with van der Waals surface area (Å²) in [6.07, 6.45) is 7.28. The number of carbonyl (C=O) groups is 3. The molecular weight excluding hydrogens is 546 g/mol. The van der Waals surface area contributed by atoms with Gasteiger partial charge in [-0.3, -0.25) is 19.4 Å². The molecular formula is C32H43N7O4. The largest absolute Gasteiger partial charge is 0.453 e. The summed E-state index contributed by atoms with van der Waals surface area (Å²) in [7, 11) is 1.40. The molecule has 230 valence electrons. The lowest BCUT2D eigenvalue weighted by molar-refractivity contribution is -0.129. The van der Waals surface area contributed by atoms with Crippen molar-refractivity contribution in [2.24, 2.45) is 4.99 Å². The van der Waals surface area contributed by atoms with E-state index in [0.29, 0.717) is 50.9 Å². The van der Waals surface area contributed by atoms with Crippen LogP contribution < -0.4 is 10.2 Å². The third kappa shape index (κ3) is 7.72. The molecule has 3 aliphatic rings. The summed E-state index contributed by atoms with van der Waals surface area (Å²) in [5.41, 5.74) is 2.74. The average Bonchev–Trinajstić information content (AvgIpc) is 3.04. The number of nitrogens with zero attached hydrogens (tertiary/aromatic N) is 6. The van der Waals surface area contributed by atoms with Crippen LogP contribution in [0.2, 0.25) is 0 Å². The molecule has 11 nitrogen and oxygen atoms in total. The first-order chi connectivity index (χ1) is 20.8. The van der Waals surface area contributed by atoms with Crippen molar-refractivity contribution < 1.29 is 19.1 Å². The topological polar surface area (TPSA) is 101 Å². The van der Waals surface area contributed by atoms with Gasteiger partial charge in [-0.15, -0.1) is 0 Å². The van der Waals surface area contributed by atoms with Gasteiger partial charge in [0.2, 0.25) is 5.91 Å². The van der Waals surface area contributed by atoms with E-state index in [9.17, 15) is 14.4 Å². The first-order valence-electron chi connectivity index (χ1n) is 14.8. The Morgan fingerprint density at radius 1 is 1.05 bits per heavy atom. The van der Waals surface area contributed by atoms with Crippen molar-refractivity contribution >= 4 is 35.1 Å². The highest BCUT2D eigenvalue weighted by molar-refractivity contribution is 6.15. The van der Waals surface area contributed by atoms with Crippen LogP contribution in [0.25, 0.3) is 0 Å². The Morgan fingerprint density at radius 3 is 2.37 bits per heavy atom. The number of amides is 3. The molecule has 0 spiro atoms. The number of nitrogens with one attached hydrogen (secondary N) is 1. The number of benzene rings is 1. The average molecular weight is 590 g/mol. The lowest BCUT2D eigenvalue weighted by Gasteiger charge is -2.41. The minimum Gasteiger partial charge on any atom is -0.453 e. The molecule has 1 N–H and O–H groups in total. The molecule has 1 atom stereocenters. The molecule has 2 saturated heterocycles. The Balaban J connectivity index is 1.39. The maximum atomic E-state index is 13.0. The summed E-state index contributed by atoms with van der Waals surface area (Å²) in [6, 6.07) is 8.20. The van der Waals surface area contributed by atoms with Crippen LogP contribution in [0.1, 0.15) is 20.3 Å². The molecule has 0 saturated carbocycles. The molecule has 4 rings (SSSR count). The standard InChI is InChI=1S/C32H43N7O4/c1-6-25-9-14-30(41)39(22-21-35-17-20-38(29(40)8-3)23-27(35)7-2)31(25)34-24(4)33-26-10-12-28(13-11-26)36-15-18-37(19-16-36)32(42)43-5/h6,8-14,27,33H,3-4,7,15-23H2,1-2,5H3/b25-6-,34-31+. The molecule has 1 aromatic rings. The molecule has 0 radical (unpaired) electrons. The maximum Gasteiger partial charge on any atom is 0.409 e. The summed E-state index contributed by atoms with van der Waals surface area (Å²) in [5.74, 6) is 0.814. The lowest BCUT2D eigenvalue weighted by Crippen LogP contribution is -2.56. The van der Waals surface area contributed by atoms with Crippen molar-refractivity contribution in [3.63, 3.8) is 0 Å². The molecule has 3 amide bonds. The monoisotopic (exact) mass is 589 g/mol. The minimum atomic E-state index is -0.293. The molecule has 2 fully saturated rings. The number of piperazine rings is 2. The predicted octanol–water partition coefficient (Wildman–Crippen LogP) is 3.31. The number of amidine groups is 1. The van der Waals surface area contributed by atoms with Crippen molar-refractivity contribution in [2.45, 2.75) is 26.3 Å². The highest BCUT2D eigenvalue weighted by Crippen LogP contribution is 2.22. The zero-order chi connectivity index (χ0) is 30.9. The van der Waals surface area contributed by atoms with E-state index in [2.05, 4.69) is 35.2 Å². The van der Waals surface area contributed by atoms with Crippen LogP contribution in [0, 0.1) is 0 Å². The van der Waals surface area contributed by atoms with E-state index >= 15 is 0 Å². The number of methoxy groups -OCH3 is 1. The number of anilines is 2. The second kappa shape index (κ2) is 14.7. The SMILES string of the molecule is C=CC(=O)N1CCN(CCN2C(=O)C=CC(=C/C)/C2=N\C(=C)Nc2ccc(N3CCN(C(=O)OC)CC3)cc2)C(CC)C1. The zero-order valence-electron chi connectivity index (χ0n) is 25.5. The van der Waals surface area contributed by atoms with Crippen molar-refractivity contribution in [3.05, 3.63) is 73.1 Å². The molecule has 1 unspecified atom stereocenters. The van der Waals surface area contributed by atoms with Crippen LogP contribution in [0.4, 0.5) is 16.2 Å². The number of aliphatic imine (C=N–C) groups is 1. The molecule has 0 aromatic heterocycles. The van der Waals surface area contributed by atoms with Gasteiger partial charge in [-0.1, -0.05) is 26.2 Å². The Bertz CT molecular complexity index is 1300. The smallest absolute Gasteiger partial charge is 0.409 e. The van der Waals surface area contributed by atoms with E-state index in [0.717, 1.165) is 43.0 Å². The Labute approximate surface area is 254 Å². The Morgan fingerprint density at radius 2 is 1.74 bits per heavy atom. The lowest BCUT2D eigenvalue weighted by atomic mass is 10.1. The van der Waals surface area contributed by atoms with Crippen molar-refractivity contribution in [3.8, 4) is 0 Å². The van der Waals surface area contributed by atoms with Gasteiger partial charge in [0.1, 0.15) is 11.7 Å². The first kappa shape index (κ1) is 31.6. The minimum absolute atomic E-state index is 0.0410. The van der Waals surface area contributed by atoms with Gasteiger partial charge in [0, 0.05) is 88.0 Å². The molecule has 0 bridgehead atoms. The second-order valence-corrected chi connectivity index (χ2v) is 10.7. The third-order valence-electron chi connectivity index (χ3n) is 8.14. The second-order valence-electron chi connectivity index (χ2n) is 10.7. The molecule has 0 aliphatic carbocycles. The summed E-state index contributed by atoms with van der Waals surface area (Å²) in [4.78, 5) is 51.5. The molecule has 1 aromatic carbocycles. The van der Waals surface area contributed by atoms with Crippen LogP contribution >= 0.6 is 0 Å². The van der Waals surface area contributed by atoms with E-state index < -0.39 is 0 Å². The molecule has 3 aliphatic heterocycles. The quantitative estimate of drug-likeness (QED) is 0.441. The van der Waals surface area contributed by atoms with Crippen LogP contribution in [0.3, 0.4) is 0 Å². The summed E-state index contributed by atoms with van der Waals surface area (Å²) >= 11 is 0. The highest BCUT2D eigenvalue weighted by Gasteiger charge is 2.30. The summed E-state index contributed by atoms with van der Waals surface area (Å²) < 4.78 is 4.82. The normalized spacial score (nSPS) is 21.4. The van der Waals surface area contributed by atoms with E-state index in [1.807, 2.05) is 42.2 Å². The number of rotatable bonds is 9. The molecule has 3 heterocycles. The first-order valence-corrected chi connectivity index (χ1v) is 14.8. The number of carbonyl (C=O) groups excluding carboxylic acids is 3. The van der Waals surface area contributed by atoms with Crippen LogP contribution in [-0.2, 0) is 14.3 Å². The van der Waals surface area contributed by atoms with Crippen LogP contribution in [0.5, 0.6) is 0 Å². The number of hydrogen-bond acceptors (Lipinski definition) is 8. The van der Waals surface area contributed by atoms with Gasteiger partial charge in [-0.25, -0.2) is 9.79 Å². The van der Waals surface area contributed by atoms with E-state index in [-0.39, 0.29) is 23.9 Å². The Kier molecular flexibility index (Phi) is 10.8. The number of ether oxygens (including phenoxy) is 1. The van der Waals surface area contributed by atoms with Crippen LogP contribution in [0.15, 0.2) is 78.1 Å². The maximum absolute atomic E-state index is 13.0. The van der Waals surface area contributed by atoms with E-state index in [1.165, 1.54) is 13.2 Å². The van der Waals surface area contributed by atoms with Crippen molar-refractivity contribution in [1.82, 2.24) is 19.6 Å². The van der Waals surface area contributed by atoms with Gasteiger partial charge >= 0.3 is 6.09 Å². The predicted molar refractivity (Wildman–Crippen MR) is 170 cm³/mol. The Hall–Kier alpha value is -4.38. The van der Waals surface area contributed by atoms with Crippen LogP contribution in [-0.4, -0.2) is 115 Å². The third-order valence-corrected chi connectivity index (χ3v) is 8.14. The van der Waals surface area contributed by atoms with Gasteiger partial charge in [0.25, 0.3) is 5.91 Å². The van der Waals surface area contributed by atoms with Crippen molar-refractivity contribution in [1.29, 1.82) is 0 Å². The van der Waals surface area contributed by atoms with Crippen molar-refractivity contribution in [2.75, 3.05) is 76.2 Å². The summed E-state index contributed by atoms with van der Waals surface area (Å²) in [5, 5.41) is 3.26. The van der Waals surface area contributed by atoms with Gasteiger partial charge < -0.3 is 24.8 Å². The van der Waals surface area contributed by atoms with Gasteiger partial charge in [0.15, 0.2) is 0 Å². The number of allylic oxidation sites excluding steroid dienone is 1.